The molecule has 0 spiro atoms. The lowest BCUT2D eigenvalue weighted by atomic mass is 9.68. The molecule has 2 fully saturated rings. The molecule has 1 saturated heterocycles. The number of hydrogen-bond acceptors (Lipinski definition) is 5. The van der Waals surface area contributed by atoms with Crippen LogP contribution in [-0.4, -0.2) is 65.3 Å². The third kappa shape index (κ3) is 6.85. The van der Waals surface area contributed by atoms with Crippen molar-refractivity contribution in [3.8, 4) is 0 Å². The van der Waals surface area contributed by atoms with Crippen molar-refractivity contribution in [3.05, 3.63) is 34.9 Å². The summed E-state index contributed by atoms with van der Waals surface area (Å²) in [5.41, 5.74) is 0.218. The maximum Gasteiger partial charge on any atom is 0.407 e. The lowest BCUT2D eigenvalue weighted by Crippen LogP contribution is -2.49. The second-order valence-electron chi connectivity index (χ2n) is 10.4. The highest BCUT2D eigenvalue weighted by Crippen LogP contribution is 2.40. The van der Waals surface area contributed by atoms with Gasteiger partial charge in [-0.3, -0.25) is 4.79 Å². The molecular weight excluding hydrogens is 458 g/mol. The predicted octanol–water partition coefficient (Wildman–Crippen LogP) is 3.71. The summed E-state index contributed by atoms with van der Waals surface area (Å²) in [6, 6.07) is 7.18. The minimum Gasteiger partial charge on any atom is -0.480 e. The fourth-order valence-electron chi connectivity index (χ4n) is 4.97. The van der Waals surface area contributed by atoms with E-state index in [0.29, 0.717) is 24.5 Å². The quantitative estimate of drug-likeness (QED) is 0.534. The van der Waals surface area contributed by atoms with Crippen molar-refractivity contribution in [1.82, 2.24) is 15.5 Å². The van der Waals surface area contributed by atoms with Gasteiger partial charge in [-0.05, 0) is 77.0 Å². The number of carbonyl (C=O) groups is 3. The highest BCUT2D eigenvalue weighted by molar-refractivity contribution is 6.30. The van der Waals surface area contributed by atoms with Gasteiger partial charge in [0.2, 0.25) is 5.91 Å². The van der Waals surface area contributed by atoms with Gasteiger partial charge < -0.3 is 25.4 Å². The molecule has 0 aromatic heterocycles. The maximum absolute atomic E-state index is 12.6. The van der Waals surface area contributed by atoms with E-state index in [1.165, 1.54) is 4.90 Å². The summed E-state index contributed by atoms with van der Waals surface area (Å²) in [5, 5.41) is 16.3. The predicted molar refractivity (Wildman–Crippen MR) is 130 cm³/mol. The molecule has 1 atom stereocenters. The normalized spacial score (nSPS) is 25.1. The van der Waals surface area contributed by atoms with E-state index in [2.05, 4.69) is 10.6 Å². The molecule has 1 aromatic carbocycles. The minimum absolute atomic E-state index is 0.134. The van der Waals surface area contributed by atoms with E-state index >= 15 is 0 Å². The summed E-state index contributed by atoms with van der Waals surface area (Å²) in [6.07, 6.45) is 4.03. The van der Waals surface area contributed by atoms with Gasteiger partial charge in [0.05, 0.1) is 6.54 Å². The molecule has 34 heavy (non-hydrogen) atoms. The minimum atomic E-state index is -0.938. The molecule has 3 N–H and O–H groups in total. The first kappa shape index (κ1) is 26.3. The highest BCUT2D eigenvalue weighted by atomic mass is 35.5. The van der Waals surface area contributed by atoms with E-state index in [1.807, 2.05) is 45.0 Å². The third-order valence-corrected chi connectivity index (χ3v) is 6.98. The van der Waals surface area contributed by atoms with E-state index in [0.717, 1.165) is 37.7 Å². The highest BCUT2D eigenvalue weighted by Gasteiger charge is 2.38. The van der Waals surface area contributed by atoms with Crippen molar-refractivity contribution in [2.24, 2.45) is 0 Å². The van der Waals surface area contributed by atoms with Gasteiger partial charge in [0.1, 0.15) is 11.6 Å². The van der Waals surface area contributed by atoms with Crippen molar-refractivity contribution in [2.45, 2.75) is 82.4 Å². The topological polar surface area (TPSA) is 108 Å². The molecule has 1 saturated carbocycles. The number of nitrogens with zero attached hydrogens (tertiary/aromatic N) is 1. The number of benzene rings is 1. The molecule has 188 valence electrons. The summed E-state index contributed by atoms with van der Waals surface area (Å²) in [4.78, 5) is 37.8. The van der Waals surface area contributed by atoms with Gasteiger partial charge in [0.15, 0.2) is 0 Å². The second-order valence-corrected chi connectivity index (χ2v) is 10.8. The Labute approximate surface area is 206 Å². The van der Waals surface area contributed by atoms with Crippen LogP contribution in [0.15, 0.2) is 24.3 Å². The van der Waals surface area contributed by atoms with Crippen molar-refractivity contribution >= 4 is 29.6 Å². The van der Waals surface area contributed by atoms with Gasteiger partial charge in [0, 0.05) is 29.6 Å². The van der Waals surface area contributed by atoms with Gasteiger partial charge in [-0.1, -0.05) is 23.7 Å². The molecule has 0 radical (unpaired) electrons. The number of carboxylic acid groups (broad SMARTS) is 1. The number of rotatable bonds is 7. The number of ether oxygens (including phenoxy) is 1. The van der Waals surface area contributed by atoms with E-state index < -0.39 is 23.7 Å². The molecule has 0 unspecified atom stereocenters. The Morgan fingerprint density at radius 1 is 1.21 bits per heavy atom. The summed E-state index contributed by atoms with van der Waals surface area (Å²) >= 11 is 6.28. The Kier molecular flexibility index (Phi) is 8.47. The fraction of sp³-hybridized carbons (Fsp3) is 0.640. The Balaban J connectivity index is 1.60. The smallest absolute Gasteiger partial charge is 0.407 e. The first-order valence-corrected chi connectivity index (χ1v) is 12.4. The zero-order valence-corrected chi connectivity index (χ0v) is 21.0. The largest absolute Gasteiger partial charge is 0.480 e. The standard InChI is InChI=1S/C25H36ClN3O5/c1-24(2,3)34-23(33)28-16-25(17-6-4-7-18(26)14-17)11-9-19(10-12-25)27-15-21(30)29-13-5-8-20(29)22(31)32/h4,6-7,14,19-20,27H,5,8-13,15-16H2,1-3H3,(H,28,33)(H,31,32)/t19?,20-,25?/m1/s1. The molecule has 9 heteroatoms. The number of amides is 2. The molecular formula is C25H36ClN3O5. The van der Waals surface area contributed by atoms with Crippen LogP contribution >= 0.6 is 11.6 Å². The summed E-state index contributed by atoms with van der Waals surface area (Å²) in [7, 11) is 0. The van der Waals surface area contributed by atoms with Crippen LogP contribution in [0.2, 0.25) is 5.02 Å². The van der Waals surface area contributed by atoms with Crippen molar-refractivity contribution in [1.29, 1.82) is 0 Å². The summed E-state index contributed by atoms with van der Waals surface area (Å²) in [6.45, 7) is 6.56. The molecule has 1 aliphatic heterocycles. The Morgan fingerprint density at radius 3 is 2.53 bits per heavy atom. The number of carbonyl (C=O) groups excluding carboxylic acids is 2. The number of aliphatic carboxylic acids is 1. The Bertz CT molecular complexity index is 893. The van der Waals surface area contributed by atoms with Crippen LogP contribution in [0.5, 0.6) is 0 Å². The molecule has 2 aliphatic rings. The van der Waals surface area contributed by atoms with Crippen LogP contribution in [0.25, 0.3) is 0 Å². The average Bonchev–Trinajstić information content (AvgIpc) is 3.26. The zero-order chi connectivity index (χ0) is 24.9. The SMILES string of the molecule is CC(C)(C)OC(=O)NCC1(c2cccc(Cl)c2)CCC(NCC(=O)N2CCC[C@@H]2C(=O)O)CC1. The fourth-order valence-corrected chi connectivity index (χ4v) is 5.16. The zero-order valence-electron chi connectivity index (χ0n) is 20.2. The van der Waals surface area contributed by atoms with E-state index in [9.17, 15) is 19.5 Å². The van der Waals surface area contributed by atoms with Crippen LogP contribution < -0.4 is 10.6 Å². The molecule has 1 aromatic rings. The van der Waals surface area contributed by atoms with Crippen LogP contribution in [0.4, 0.5) is 4.79 Å². The van der Waals surface area contributed by atoms with E-state index in [4.69, 9.17) is 16.3 Å². The Hall–Kier alpha value is -2.32. The molecule has 0 bridgehead atoms. The monoisotopic (exact) mass is 493 g/mol. The molecule has 1 aliphatic carbocycles. The van der Waals surface area contributed by atoms with Gasteiger partial charge >= 0.3 is 12.1 Å². The van der Waals surface area contributed by atoms with Gasteiger partial charge in [0.25, 0.3) is 0 Å². The second kappa shape index (κ2) is 11.0. The summed E-state index contributed by atoms with van der Waals surface area (Å²) in [5.74, 6) is -1.10. The summed E-state index contributed by atoms with van der Waals surface area (Å²) < 4.78 is 5.42. The van der Waals surface area contributed by atoms with Gasteiger partial charge in [-0.25, -0.2) is 9.59 Å². The van der Waals surface area contributed by atoms with Crippen molar-refractivity contribution in [2.75, 3.05) is 19.6 Å². The van der Waals surface area contributed by atoms with E-state index in [1.54, 1.807) is 0 Å². The van der Waals surface area contributed by atoms with Crippen molar-refractivity contribution in [3.63, 3.8) is 0 Å². The lowest BCUT2D eigenvalue weighted by Gasteiger charge is -2.41. The number of likely N-dealkylation sites (tertiary alicyclic amines) is 1. The number of hydrogen-bond donors (Lipinski definition) is 3. The van der Waals surface area contributed by atoms with Crippen LogP contribution in [0.3, 0.4) is 0 Å². The third-order valence-electron chi connectivity index (χ3n) is 6.75. The Morgan fingerprint density at radius 2 is 1.91 bits per heavy atom. The van der Waals surface area contributed by atoms with Crippen LogP contribution in [0, 0.1) is 0 Å². The molecule has 8 nitrogen and oxygen atoms in total. The molecule has 1 heterocycles. The van der Waals surface area contributed by atoms with Crippen LogP contribution in [-0.2, 0) is 19.7 Å². The maximum atomic E-state index is 12.6. The first-order valence-electron chi connectivity index (χ1n) is 12.0. The number of carboxylic acids is 1. The molecule has 2 amide bonds. The van der Waals surface area contributed by atoms with Crippen LogP contribution in [0.1, 0.15) is 64.9 Å². The number of alkyl carbamates (subject to hydrolysis) is 1. The average molecular weight is 494 g/mol. The lowest BCUT2D eigenvalue weighted by molar-refractivity contribution is -0.147. The van der Waals surface area contributed by atoms with E-state index in [-0.39, 0.29) is 23.9 Å². The van der Waals surface area contributed by atoms with Gasteiger partial charge in [-0.15, -0.1) is 0 Å². The number of nitrogens with one attached hydrogen (secondary N) is 2. The molecule has 3 rings (SSSR count). The first-order chi connectivity index (χ1) is 16.0. The van der Waals surface area contributed by atoms with Gasteiger partial charge in [-0.2, -0.15) is 0 Å². The van der Waals surface area contributed by atoms with Crippen molar-refractivity contribution < 1.29 is 24.2 Å². The number of halogens is 1.